The molecule has 2 atom stereocenters. The Morgan fingerprint density at radius 3 is 2.48 bits per heavy atom. The average molecular weight is 354 g/mol. The number of rotatable bonds is 7. The van der Waals surface area contributed by atoms with Crippen LogP contribution in [0.15, 0.2) is 0 Å². The number of alkyl halides is 2. The van der Waals surface area contributed by atoms with Gasteiger partial charge in [-0.05, 0) is 55.8 Å². The maximum Gasteiger partial charge on any atom is 0.354 e. The molecule has 0 heterocycles. The average Bonchev–Trinajstić information content (AvgIpc) is 2.49. The molecule has 9 heteroatoms. The van der Waals surface area contributed by atoms with Crippen molar-refractivity contribution in [1.29, 1.82) is 0 Å². The number of aliphatic hydroxyl groups excluding tert-OH is 1. The number of carbonyl (C=O) groups is 1. The van der Waals surface area contributed by atoms with Gasteiger partial charge in [-0.1, -0.05) is 5.04 Å². The minimum Gasteiger partial charge on any atom is -0.458 e. The summed E-state index contributed by atoms with van der Waals surface area (Å²) in [5, 5.41) is 17.3. The van der Waals surface area contributed by atoms with Gasteiger partial charge in [0.2, 0.25) is 0 Å². The van der Waals surface area contributed by atoms with Gasteiger partial charge in [0.05, 0.1) is 5.41 Å². The van der Waals surface area contributed by atoms with Crippen LogP contribution in [0.5, 0.6) is 0 Å². The number of carbonyl (C=O) groups excluding carboxylic acids is 1. The molecule has 132 valence electrons. The molecule has 4 aliphatic carbocycles. The highest BCUT2D eigenvalue weighted by molar-refractivity contribution is 7.95. The molecule has 0 aromatic heterocycles. The molecule has 4 saturated carbocycles. The zero-order valence-corrected chi connectivity index (χ0v) is 13.3. The lowest BCUT2D eigenvalue weighted by Crippen LogP contribution is -2.56. The first-order chi connectivity index (χ1) is 10.8. The first-order valence-electron chi connectivity index (χ1n) is 7.64. The van der Waals surface area contributed by atoms with Gasteiger partial charge < -0.3 is 9.84 Å². The second-order valence-corrected chi connectivity index (χ2v) is 8.24. The summed E-state index contributed by atoms with van der Waals surface area (Å²) in [7, 11) is 0. The van der Waals surface area contributed by atoms with Crippen LogP contribution in [0, 0.1) is 22.7 Å². The lowest BCUT2D eigenvalue weighted by Gasteiger charge is -2.60. The summed E-state index contributed by atoms with van der Waals surface area (Å²) < 4.78 is 35.4. The van der Waals surface area contributed by atoms with Crippen LogP contribution < -0.4 is 0 Å². The van der Waals surface area contributed by atoms with Crippen LogP contribution in [0.3, 0.4) is 0 Å². The molecular weight excluding hydrogens is 334 g/mol. The van der Waals surface area contributed by atoms with Gasteiger partial charge in [-0.2, -0.15) is 8.78 Å². The molecule has 0 radical (unpaired) electrons. The minimum absolute atomic E-state index is 0.0305. The van der Waals surface area contributed by atoms with Crippen molar-refractivity contribution in [2.24, 2.45) is 22.7 Å². The summed E-state index contributed by atoms with van der Waals surface area (Å²) in [5.74, 6) is 0.100. The van der Waals surface area contributed by atoms with Crippen molar-refractivity contribution in [3.63, 3.8) is 0 Å². The van der Waals surface area contributed by atoms with E-state index in [0.29, 0.717) is 31.1 Å². The van der Waals surface area contributed by atoms with Crippen LogP contribution in [-0.4, -0.2) is 34.8 Å². The van der Waals surface area contributed by atoms with E-state index in [4.69, 9.17) is 9.99 Å². The Bertz CT molecular complexity index is 460. The van der Waals surface area contributed by atoms with Gasteiger partial charge in [0.1, 0.15) is 12.0 Å². The van der Waals surface area contributed by atoms with Crippen LogP contribution in [0.4, 0.5) is 8.78 Å². The molecule has 0 aromatic rings. The van der Waals surface area contributed by atoms with Crippen LogP contribution in [-0.2, 0) is 18.9 Å². The van der Waals surface area contributed by atoms with E-state index in [-0.39, 0.29) is 12.0 Å². The van der Waals surface area contributed by atoms with E-state index in [1.165, 1.54) is 0 Å². The number of ether oxygens (including phenoxy) is 1. The Morgan fingerprint density at radius 1 is 1.26 bits per heavy atom. The Morgan fingerprint density at radius 2 is 1.91 bits per heavy atom. The maximum atomic E-state index is 13.4. The van der Waals surface area contributed by atoms with E-state index in [2.05, 4.69) is 9.37 Å². The Balaban J connectivity index is 1.65. The third-order valence-electron chi connectivity index (χ3n) is 5.51. The number of esters is 1. The fourth-order valence-corrected chi connectivity index (χ4v) is 5.50. The third-order valence-corrected chi connectivity index (χ3v) is 6.00. The molecule has 4 aliphatic rings. The van der Waals surface area contributed by atoms with Crippen molar-refractivity contribution < 1.29 is 38.0 Å². The fourth-order valence-electron chi connectivity index (χ4n) is 5.27. The van der Waals surface area contributed by atoms with Crippen molar-refractivity contribution in [1.82, 2.24) is 0 Å². The Hall–Kier alpha value is -0.480. The van der Waals surface area contributed by atoms with Crippen molar-refractivity contribution in [2.75, 3.05) is 13.2 Å². The van der Waals surface area contributed by atoms with Crippen molar-refractivity contribution in [3.8, 4) is 0 Å². The Kier molecular flexibility index (Phi) is 4.61. The van der Waals surface area contributed by atoms with Crippen LogP contribution >= 0.6 is 12.0 Å². The normalized spacial score (nSPS) is 38.8. The van der Waals surface area contributed by atoms with E-state index in [1.54, 1.807) is 0 Å². The fraction of sp³-hybridized carbons (Fsp3) is 0.929. The first-order valence-corrected chi connectivity index (χ1v) is 8.38. The van der Waals surface area contributed by atoms with Gasteiger partial charge in [-0.15, -0.1) is 4.33 Å². The number of hydrogen-bond acceptors (Lipinski definition) is 7. The second kappa shape index (κ2) is 6.11. The van der Waals surface area contributed by atoms with Crippen molar-refractivity contribution in [2.45, 2.75) is 43.8 Å². The zero-order valence-electron chi connectivity index (χ0n) is 12.5. The predicted molar refractivity (Wildman–Crippen MR) is 74.9 cm³/mol. The molecule has 4 rings (SSSR count). The van der Waals surface area contributed by atoms with Crippen molar-refractivity contribution in [3.05, 3.63) is 0 Å². The second-order valence-electron chi connectivity index (χ2n) is 7.34. The molecule has 0 aliphatic heterocycles. The highest BCUT2D eigenvalue weighted by Crippen LogP contribution is 2.65. The Labute approximate surface area is 136 Å². The number of hydrogen-bond donors (Lipinski definition) is 2. The minimum atomic E-state index is -3.52. The summed E-state index contributed by atoms with van der Waals surface area (Å²) in [4.78, 5) is 12.5. The van der Waals surface area contributed by atoms with E-state index < -0.39 is 35.3 Å². The molecule has 0 aromatic carbocycles. The van der Waals surface area contributed by atoms with E-state index in [9.17, 15) is 18.7 Å². The monoisotopic (exact) mass is 354 g/mol. The predicted octanol–water partition coefficient (Wildman–Crippen LogP) is 2.77. The van der Waals surface area contributed by atoms with E-state index >= 15 is 0 Å². The summed E-state index contributed by atoms with van der Waals surface area (Å²) in [6, 6.07) is 0. The third kappa shape index (κ3) is 3.34. The standard InChI is InChI=1S/C14H20F2O6S/c15-14(16,23-22-21-19)8-20-11(18)13-4-9-1-10(5-13)3-12(2-9,6-13)7-17/h9-10,17,19H,1-8H2. The molecule has 4 bridgehead atoms. The van der Waals surface area contributed by atoms with Gasteiger partial charge in [0, 0.05) is 6.61 Å². The van der Waals surface area contributed by atoms with Crippen LogP contribution in [0.1, 0.15) is 38.5 Å². The topological polar surface area (TPSA) is 85.2 Å². The number of aliphatic hydroxyl groups is 1. The van der Waals surface area contributed by atoms with Crippen LogP contribution in [0.2, 0.25) is 0 Å². The first kappa shape index (κ1) is 17.3. The molecule has 0 spiro atoms. The van der Waals surface area contributed by atoms with Gasteiger partial charge >= 0.3 is 11.2 Å². The maximum absolute atomic E-state index is 13.4. The molecule has 4 fully saturated rings. The highest BCUT2D eigenvalue weighted by atomic mass is 32.2. The van der Waals surface area contributed by atoms with E-state index in [0.717, 1.165) is 19.3 Å². The smallest absolute Gasteiger partial charge is 0.354 e. The molecule has 6 nitrogen and oxygen atoms in total. The highest BCUT2D eigenvalue weighted by Gasteiger charge is 2.61. The largest absolute Gasteiger partial charge is 0.458 e. The lowest BCUT2D eigenvalue weighted by atomic mass is 9.44. The molecule has 2 unspecified atom stereocenters. The van der Waals surface area contributed by atoms with Gasteiger partial charge in [0.25, 0.3) is 0 Å². The van der Waals surface area contributed by atoms with Gasteiger partial charge in [0.15, 0.2) is 6.61 Å². The molecule has 23 heavy (non-hydrogen) atoms. The van der Waals surface area contributed by atoms with Crippen LogP contribution in [0.25, 0.3) is 0 Å². The lowest BCUT2D eigenvalue weighted by molar-refractivity contribution is -0.433. The molecule has 0 saturated heterocycles. The number of halogens is 2. The van der Waals surface area contributed by atoms with Gasteiger partial charge in [-0.25, -0.2) is 5.26 Å². The SMILES string of the molecule is O=C(OCC(F)(F)SOOO)C12CC3CC(CC(CO)(C3)C1)C2. The molecule has 0 amide bonds. The summed E-state index contributed by atoms with van der Waals surface area (Å²) >= 11 is -0.421. The molecular formula is C14H20F2O6S. The summed E-state index contributed by atoms with van der Waals surface area (Å²) in [6.07, 6.45) is 4.67. The molecule has 2 N–H and O–H groups in total. The summed E-state index contributed by atoms with van der Waals surface area (Å²) in [5.41, 5.74) is -1.00. The van der Waals surface area contributed by atoms with Gasteiger partial charge in [-0.3, -0.25) is 4.79 Å². The van der Waals surface area contributed by atoms with E-state index in [1.807, 2.05) is 0 Å². The summed E-state index contributed by atoms with van der Waals surface area (Å²) in [6.45, 7) is -1.12. The quantitative estimate of drug-likeness (QED) is 0.315. The van der Waals surface area contributed by atoms with Crippen molar-refractivity contribution >= 4 is 18.0 Å². The zero-order chi connectivity index (χ0) is 16.7.